The molecule has 14 atom stereocenters. The highest BCUT2D eigenvalue weighted by Gasteiger charge is 2.88. The minimum absolute atomic E-state index is 0.117. The molecule has 50 heavy (non-hydrogen) atoms. The lowest BCUT2D eigenvalue weighted by atomic mass is 9.49. The normalized spacial score (nSPS) is 51.9. The van der Waals surface area contributed by atoms with Gasteiger partial charge in [-0.3, -0.25) is 4.90 Å². The van der Waals surface area contributed by atoms with Crippen LogP contribution < -0.4 is 14.2 Å². The second-order valence-electron chi connectivity index (χ2n) is 17.1. The molecule has 4 saturated carbocycles. The number of nitrogens with zero attached hydrogens (tertiary/aromatic N) is 1. The second-order valence-corrected chi connectivity index (χ2v) is 17.1. The van der Waals surface area contributed by atoms with Crippen LogP contribution in [-0.2, 0) is 9.47 Å². The Hall–Kier alpha value is -2.23. The Morgan fingerprint density at radius 2 is 1.52 bits per heavy atom. The van der Waals surface area contributed by atoms with E-state index in [0.717, 1.165) is 6.42 Å². The van der Waals surface area contributed by atoms with E-state index >= 15 is 0 Å². The Labute approximate surface area is 292 Å². The molecule has 0 aromatic heterocycles. The van der Waals surface area contributed by atoms with E-state index in [4.69, 9.17) is 23.7 Å². The van der Waals surface area contributed by atoms with E-state index in [0.29, 0.717) is 43.9 Å². The van der Waals surface area contributed by atoms with E-state index in [1.807, 2.05) is 6.92 Å². The van der Waals surface area contributed by atoms with Crippen LogP contribution >= 0.6 is 0 Å². The Bertz CT molecular complexity index is 1560. The molecule has 1 aromatic carbocycles. The lowest BCUT2D eigenvalue weighted by Crippen LogP contribution is -2.85. The van der Waals surface area contributed by atoms with Crippen LogP contribution in [0.15, 0.2) is 12.1 Å². The van der Waals surface area contributed by atoms with Gasteiger partial charge in [0.1, 0.15) is 22.4 Å². The highest BCUT2D eigenvalue weighted by Crippen LogP contribution is 2.78. The number of aliphatic hydroxyl groups is 6. The Morgan fingerprint density at radius 1 is 0.860 bits per heavy atom. The quantitative estimate of drug-likeness (QED) is 0.242. The minimum atomic E-state index is -2.11. The van der Waals surface area contributed by atoms with Crippen molar-refractivity contribution in [1.29, 1.82) is 0 Å². The van der Waals surface area contributed by atoms with E-state index in [1.165, 1.54) is 33.5 Å². The Kier molecular flexibility index (Phi) is 7.44. The molecule has 6 N–H and O–H groups in total. The molecular weight excluding hydrogens is 650 g/mol. The van der Waals surface area contributed by atoms with Gasteiger partial charge in [-0.25, -0.2) is 4.79 Å². The van der Waals surface area contributed by atoms with Crippen LogP contribution in [-0.4, -0.2) is 128 Å². The molecule has 1 aromatic rings. The number of ether oxygens (including phenoxy) is 5. The highest BCUT2D eigenvalue weighted by atomic mass is 16.7. The van der Waals surface area contributed by atoms with Crippen molar-refractivity contribution < 1.29 is 59.1 Å². The van der Waals surface area contributed by atoms with Gasteiger partial charge in [0.25, 0.3) is 0 Å². The largest absolute Gasteiger partial charge is 0.493 e. The topological polar surface area (TPSA) is 188 Å². The molecule has 0 unspecified atom stereocenters. The third kappa shape index (κ3) is 3.88. The Morgan fingerprint density at radius 3 is 2.16 bits per heavy atom. The first-order valence-electron chi connectivity index (χ1n) is 18.2. The van der Waals surface area contributed by atoms with Gasteiger partial charge in [-0.2, -0.15) is 0 Å². The zero-order valence-electron chi connectivity index (χ0n) is 29.8. The molecule has 3 saturated heterocycles. The fourth-order valence-electron chi connectivity index (χ4n) is 12.8. The van der Waals surface area contributed by atoms with Crippen LogP contribution in [0.5, 0.6) is 17.2 Å². The highest BCUT2D eigenvalue weighted by molar-refractivity contribution is 5.91. The third-order valence-electron chi connectivity index (χ3n) is 15.2. The van der Waals surface area contributed by atoms with Gasteiger partial charge in [0.2, 0.25) is 11.5 Å². The van der Waals surface area contributed by atoms with Crippen LogP contribution in [0.4, 0.5) is 0 Å². The molecule has 0 radical (unpaired) electrons. The van der Waals surface area contributed by atoms with Gasteiger partial charge in [0.15, 0.2) is 17.6 Å². The van der Waals surface area contributed by atoms with Gasteiger partial charge in [-0.05, 0) is 63.5 Å². The monoisotopic (exact) mass is 703 g/mol. The van der Waals surface area contributed by atoms with E-state index in [2.05, 4.69) is 11.8 Å². The zero-order chi connectivity index (χ0) is 36.0. The summed E-state index contributed by atoms with van der Waals surface area (Å²) in [6.07, 6.45) is -0.0196. The summed E-state index contributed by atoms with van der Waals surface area (Å²) >= 11 is 0. The van der Waals surface area contributed by atoms with E-state index in [1.54, 1.807) is 6.92 Å². The van der Waals surface area contributed by atoms with Crippen molar-refractivity contribution in [3.8, 4) is 17.2 Å². The SMILES string of the molecule is COc1cc(C(=O)O[C@H]2CC[C@@]3(C)[C@@H]4CC[C@H]5[C@]6(O)C[C@H](O)[C@@]7(O)[C@@H](CN8C[C@@H](C)CC[C@H]8[C@@]7(C)O)[C@]6(O)C[C@]53O[C@]24O)cc(OC)c1OC. The number of fused-ring (bicyclic) bond motifs is 5. The molecule has 3 aliphatic heterocycles. The fourth-order valence-corrected chi connectivity index (χ4v) is 12.8. The average Bonchev–Trinajstić information content (AvgIpc) is 3.24. The number of rotatable bonds is 5. The smallest absolute Gasteiger partial charge is 0.338 e. The van der Waals surface area contributed by atoms with Crippen LogP contribution in [0.2, 0.25) is 0 Å². The van der Waals surface area contributed by atoms with Crippen molar-refractivity contribution in [3.63, 3.8) is 0 Å². The number of hydrogen-bond donors (Lipinski definition) is 6. The van der Waals surface area contributed by atoms with Gasteiger partial charge in [-0.15, -0.1) is 0 Å². The van der Waals surface area contributed by atoms with E-state index < -0.39 is 81.2 Å². The molecule has 4 bridgehead atoms. The first-order valence-corrected chi connectivity index (χ1v) is 18.2. The summed E-state index contributed by atoms with van der Waals surface area (Å²) < 4.78 is 29.2. The number of piperidine rings is 2. The molecule has 13 heteroatoms. The summed E-state index contributed by atoms with van der Waals surface area (Å²) in [5.74, 6) is -3.76. The number of aliphatic hydroxyl groups excluding tert-OH is 1. The molecule has 8 rings (SSSR count). The summed E-state index contributed by atoms with van der Waals surface area (Å²) in [7, 11) is 4.35. The lowest BCUT2D eigenvalue weighted by Gasteiger charge is -2.68. The van der Waals surface area contributed by atoms with Crippen molar-refractivity contribution in [3.05, 3.63) is 17.7 Å². The lowest BCUT2D eigenvalue weighted by molar-refractivity contribution is -0.354. The Balaban J connectivity index is 1.16. The van der Waals surface area contributed by atoms with Crippen molar-refractivity contribution >= 4 is 5.97 Å². The van der Waals surface area contributed by atoms with Crippen molar-refractivity contribution in [2.75, 3.05) is 34.4 Å². The second kappa shape index (κ2) is 10.7. The molecule has 7 fully saturated rings. The number of hydrogen-bond acceptors (Lipinski definition) is 13. The number of methoxy groups -OCH3 is 3. The van der Waals surface area contributed by atoms with Gasteiger partial charge < -0.3 is 54.3 Å². The predicted molar refractivity (Wildman–Crippen MR) is 176 cm³/mol. The maximum atomic E-state index is 13.7. The van der Waals surface area contributed by atoms with Crippen LogP contribution in [0.25, 0.3) is 0 Å². The maximum Gasteiger partial charge on any atom is 0.338 e. The molecule has 4 aliphatic carbocycles. The van der Waals surface area contributed by atoms with Crippen LogP contribution in [0.3, 0.4) is 0 Å². The number of carbonyl (C=O) groups excluding carboxylic acids is 1. The van der Waals surface area contributed by atoms with Crippen LogP contribution in [0.1, 0.15) is 82.5 Å². The first kappa shape index (κ1) is 34.8. The van der Waals surface area contributed by atoms with Crippen molar-refractivity contribution in [1.82, 2.24) is 4.90 Å². The molecule has 7 aliphatic rings. The molecule has 1 spiro atoms. The van der Waals surface area contributed by atoms with Gasteiger partial charge in [-0.1, -0.05) is 13.8 Å². The molecular formula is C37H53NO12. The number of carbonyl (C=O) groups is 1. The minimum Gasteiger partial charge on any atom is -0.493 e. The van der Waals surface area contributed by atoms with E-state index in [-0.39, 0.29) is 42.9 Å². The van der Waals surface area contributed by atoms with Gasteiger partial charge in [0.05, 0.1) is 38.6 Å². The van der Waals surface area contributed by atoms with Crippen molar-refractivity contribution in [2.45, 2.75) is 124 Å². The maximum absolute atomic E-state index is 13.7. The van der Waals surface area contributed by atoms with E-state index in [9.17, 15) is 35.4 Å². The number of esters is 1. The molecule has 3 heterocycles. The molecule has 0 amide bonds. The third-order valence-corrected chi connectivity index (χ3v) is 15.2. The zero-order valence-corrected chi connectivity index (χ0v) is 29.8. The summed E-state index contributed by atoms with van der Waals surface area (Å²) in [4.78, 5) is 15.8. The molecule has 278 valence electrons. The summed E-state index contributed by atoms with van der Waals surface area (Å²) in [6, 6.07) is 2.54. The average molecular weight is 704 g/mol. The van der Waals surface area contributed by atoms with Crippen molar-refractivity contribution in [2.24, 2.45) is 29.1 Å². The summed E-state index contributed by atoms with van der Waals surface area (Å²) in [6.45, 7) is 6.54. The van der Waals surface area contributed by atoms with Gasteiger partial charge >= 0.3 is 5.97 Å². The standard InChI is InChI=1S/C37H53NO12/c1-19-7-10-26-32(3,41)36(44)25(17-38(26)16-19)34(43)18-35-24(33(34,42)15-27(36)39)9-8-23-31(35,2)12-11-28(37(23,45)50-35)49-30(40)20-13-21(46-4)29(48-6)22(14-20)47-5/h13-14,19,23-28,39,41-45H,7-12,15-18H2,1-6H3/t19-,23-,24-,25-,26-,27-,28-,31-,32+,33+,34+,35-,36-,37-/m0/s1. The first-order chi connectivity index (χ1) is 23.4. The summed E-state index contributed by atoms with van der Waals surface area (Å²) in [5, 5.41) is 74.9. The molecule has 13 nitrogen and oxygen atoms in total. The van der Waals surface area contributed by atoms with Gasteiger partial charge in [0, 0.05) is 55.1 Å². The number of benzene rings is 1. The predicted octanol–water partition coefficient (Wildman–Crippen LogP) is 1.36. The summed E-state index contributed by atoms with van der Waals surface area (Å²) in [5.41, 5.74) is -9.64. The fraction of sp³-hybridized carbons (Fsp3) is 0.811. The van der Waals surface area contributed by atoms with Crippen LogP contribution in [0, 0.1) is 29.1 Å².